The van der Waals surface area contributed by atoms with Gasteiger partial charge in [0.15, 0.2) is 5.54 Å². The minimum absolute atomic E-state index is 0.146. The number of carbonyl (C=O) groups is 3. The van der Waals surface area contributed by atoms with Crippen LogP contribution >= 0.6 is 0 Å². The lowest BCUT2D eigenvalue weighted by atomic mass is 9.97. The summed E-state index contributed by atoms with van der Waals surface area (Å²) in [6.07, 6.45) is 0. The summed E-state index contributed by atoms with van der Waals surface area (Å²) in [6, 6.07) is 9.25. The number of ether oxygens (including phenoxy) is 1. The van der Waals surface area contributed by atoms with Crippen LogP contribution in [0.4, 0.5) is 0 Å². The van der Waals surface area contributed by atoms with E-state index < -0.39 is 23.3 Å². The van der Waals surface area contributed by atoms with Crippen molar-refractivity contribution in [1.29, 1.82) is 0 Å². The lowest BCUT2D eigenvalue weighted by molar-refractivity contribution is -0.156. The fourth-order valence-electron chi connectivity index (χ4n) is 2.22. The van der Waals surface area contributed by atoms with Crippen molar-refractivity contribution < 1.29 is 19.1 Å². The molecule has 1 atom stereocenters. The van der Waals surface area contributed by atoms with Gasteiger partial charge in [-0.1, -0.05) is 30.3 Å². The van der Waals surface area contributed by atoms with Crippen LogP contribution in [0.1, 0.15) is 12.5 Å². The molecule has 1 aliphatic heterocycles. The number of nitrogens with one attached hydrogen (secondary N) is 1. The number of hydrogen-bond acceptors (Lipinski definition) is 5. The molecule has 0 saturated carbocycles. The number of nitrogens with two attached hydrogens (primary N) is 1. The molecule has 1 fully saturated rings. The van der Waals surface area contributed by atoms with E-state index >= 15 is 0 Å². The van der Waals surface area contributed by atoms with Gasteiger partial charge in [0.2, 0.25) is 5.91 Å². The molecule has 3 N–H and O–H groups in total. The molecular weight excluding hydrogens is 286 g/mol. The summed E-state index contributed by atoms with van der Waals surface area (Å²) in [7, 11) is 0. The van der Waals surface area contributed by atoms with Crippen LogP contribution in [0.25, 0.3) is 0 Å². The maximum Gasteiger partial charge on any atom is 0.325 e. The fourth-order valence-corrected chi connectivity index (χ4v) is 2.22. The average Bonchev–Trinajstić information content (AvgIpc) is 2.51. The molecule has 1 aliphatic rings. The van der Waals surface area contributed by atoms with Crippen LogP contribution in [0, 0.1) is 0 Å². The topological polar surface area (TPSA) is 102 Å². The minimum Gasteiger partial charge on any atom is -0.459 e. The standard InChI is InChI=1S/C15H19N3O4/c1-15(13(16)20)14(21)18(8-7-17-15)9-12(19)22-10-11-5-3-2-4-6-11/h2-6,17H,7-10H2,1H3,(H2,16,20)/t15-/m0/s1. The first-order valence-corrected chi connectivity index (χ1v) is 6.97. The number of amides is 2. The van der Waals surface area contributed by atoms with Gasteiger partial charge < -0.3 is 15.4 Å². The third kappa shape index (κ3) is 3.43. The smallest absolute Gasteiger partial charge is 0.325 e. The first-order valence-electron chi connectivity index (χ1n) is 6.97. The highest BCUT2D eigenvalue weighted by atomic mass is 16.5. The zero-order valence-corrected chi connectivity index (χ0v) is 12.4. The van der Waals surface area contributed by atoms with Crippen molar-refractivity contribution >= 4 is 17.8 Å². The normalized spacial score (nSPS) is 21.5. The lowest BCUT2D eigenvalue weighted by Crippen LogP contribution is -2.68. The second kappa shape index (κ2) is 6.57. The molecule has 7 nitrogen and oxygen atoms in total. The van der Waals surface area contributed by atoms with Gasteiger partial charge in [-0.05, 0) is 12.5 Å². The molecule has 22 heavy (non-hydrogen) atoms. The molecule has 0 unspecified atom stereocenters. The van der Waals surface area contributed by atoms with Gasteiger partial charge in [0.1, 0.15) is 13.2 Å². The summed E-state index contributed by atoms with van der Waals surface area (Å²) >= 11 is 0. The summed E-state index contributed by atoms with van der Waals surface area (Å²) in [6.45, 7) is 2.07. The monoisotopic (exact) mass is 305 g/mol. The maximum atomic E-state index is 12.3. The summed E-state index contributed by atoms with van der Waals surface area (Å²) in [4.78, 5) is 36.8. The Kier molecular flexibility index (Phi) is 4.77. The number of nitrogens with zero attached hydrogens (tertiary/aromatic N) is 1. The molecule has 1 saturated heterocycles. The van der Waals surface area contributed by atoms with Crippen LogP contribution in [0.15, 0.2) is 30.3 Å². The highest BCUT2D eigenvalue weighted by Gasteiger charge is 2.45. The Morgan fingerprint density at radius 3 is 2.68 bits per heavy atom. The molecule has 0 radical (unpaired) electrons. The second-order valence-electron chi connectivity index (χ2n) is 5.29. The molecule has 1 heterocycles. The van der Waals surface area contributed by atoms with Crippen molar-refractivity contribution in [2.45, 2.75) is 19.1 Å². The Hall–Kier alpha value is -2.41. The Morgan fingerprint density at radius 1 is 1.36 bits per heavy atom. The van der Waals surface area contributed by atoms with E-state index in [1.165, 1.54) is 11.8 Å². The number of piperazine rings is 1. The van der Waals surface area contributed by atoms with E-state index in [0.717, 1.165) is 5.56 Å². The molecule has 7 heteroatoms. The number of carbonyl (C=O) groups excluding carboxylic acids is 3. The van der Waals surface area contributed by atoms with Crippen LogP contribution in [0.3, 0.4) is 0 Å². The molecule has 1 aromatic carbocycles. The van der Waals surface area contributed by atoms with Crippen molar-refractivity contribution in [3.63, 3.8) is 0 Å². The summed E-state index contributed by atoms with van der Waals surface area (Å²) in [5.41, 5.74) is 4.65. The molecule has 0 aliphatic carbocycles. The molecule has 2 amide bonds. The van der Waals surface area contributed by atoms with E-state index in [9.17, 15) is 14.4 Å². The van der Waals surface area contributed by atoms with E-state index in [1.54, 1.807) is 0 Å². The predicted molar refractivity (Wildman–Crippen MR) is 78.4 cm³/mol. The first-order chi connectivity index (χ1) is 10.4. The van der Waals surface area contributed by atoms with Crippen LogP contribution in [0.2, 0.25) is 0 Å². The van der Waals surface area contributed by atoms with Crippen molar-refractivity contribution in [2.24, 2.45) is 5.73 Å². The van der Waals surface area contributed by atoms with Gasteiger partial charge in [-0.25, -0.2) is 0 Å². The number of benzene rings is 1. The average molecular weight is 305 g/mol. The fraction of sp³-hybridized carbons (Fsp3) is 0.400. The van der Waals surface area contributed by atoms with Gasteiger partial charge in [-0.2, -0.15) is 0 Å². The Bertz CT molecular complexity index is 575. The Morgan fingerprint density at radius 2 is 2.05 bits per heavy atom. The van der Waals surface area contributed by atoms with E-state index in [-0.39, 0.29) is 13.2 Å². The Balaban J connectivity index is 1.91. The molecule has 0 bridgehead atoms. The van der Waals surface area contributed by atoms with Crippen molar-refractivity contribution in [1.82, 2.24) is 10.2 Å². The third-order valence-electron chi connectivity index (χ3n) is 3.63. The number of primary amides is 1. The maximum absolute atomic E-state index is 12.3. The van der Waals surface area contributed by atoms with Gasteiger partial charge in [0.05, 0.1) is 0 Å². The summed E-state index contributed by atoms with van der Waals surface area (Å²) in [5.74, 6) is -1.80. The SMILES string of the molecule is C[C@@]1(C(N)=O)NCCN(CC(=O)OCc2ccccc2)C1=O. The molecule has 1 aromatic rings. The first kappa shape index (κ1) is 16.0. The van der Waals surface area contributed by atoms with Crippen LogP contribution in [-0.2, 0) is 25.7 Å². The quantitative estimate of drug-likeness (QED) is 0.559. The summed E-state index contributed by atoms with van der Waals surface area (Å²) in [5, 5.41) is 2.79. The predicted octanol–water partition coefficient (Wildman–Crippen LogP) is -0.594. The largest absolute Gasteiger partial charge is 0.459 e. The highest BCUT2D eigenvalue weighted by molar-refractivity contribution is 6.09. The minimum atomic E-state index is -1.47. The molecule has 0 aromatic heterocycles. The number of rotatable bonds is 5. The Labute approximate surface area is 128 Å². The van der Waals surface area contributed by atoms with E-state index in [0.29, 0.717) is 13.1 Å². The van der Waals surface area contributed by atoms with Gasteiger partial charge in [-0.15, -0.1) is 0 Å². The van der Waals surface area contributed by atoms with Crippen LogP contribution < -0.4 is 11.1 Å². The van der Waals surface area contributed by atoms with E-state index in [4.69, 9.17) is 10.5 Å². The highest BCUT2D eigenvalue weighted by Crippen LogP contribution is 2.13. The van der Waals surface area contributed by atoms with E-state index in [1.807, 2.05) is 30.3 Å². The van der Waals surface area contributed by atoms with Crippen molar-refractivity contribution in [3.05, 3.63) is 35.9 Å². The molecule has 0 spiro atoms. The third-order valence-corrected chi connectivity index (χ3v) is 3.63. The van der Waals surface area contributed by atoms with Gasteiger partial charge in [-0.3, -0.25) is 19.7 Å². The second-order valence-corrected chi connectivity index (χ2v) is 5.29. The van der Waals surface area contributed by atoms with Crippen molar-refractivity contribution in [2.75, 3.05) is 19.6 Å². The number of hydrogen-bond donors (Lipinski definition) is 2. The zero-order valence-electron chi connectivity index (χ0n) is 12.4. The molecule has 2 rings (SSSR count). The van der Waals surface area contributed by atoms with Crippen LogP contribution in [0.5, 0.6) is 0 Å². The number of esters is 1. The molecular formula is C15H19N3O4. The van der Waals surface area contributed by atoms with Crippen LogP contribution in [-0.4, -0.2) is 47.9 Å². The lowest BCUT2D eigenvalue weighted by Gasteiger charge is -2.37. The van der Waals surface area contributed by atoms with E-state index in [2.05, 4.69) is 5.32 Å². The zero-order chi connectivity index (χ0) is 16.2. The van der Waals surface area contributed by atoms with Gasteiger partial charge in [0, 0.05) is 13.1 Å². The summed E-state index contributed by atoms with van der Waals surface area (Å²) < 4.78 is 5.14. The van der Waals surface area contributed by atoms with Gasteiger partial charge >= 0.3 is 5.97 Å². The van der Waals surface area contributed by atoms with Gasteiger partial charge in [0.25, 0.3) is 5.91 Å². The van der Waals surface area contributed by atoms with Crippen molar-refractivity contribution in [3.8, 4) is 0 Å². The molecule has 118 valence electrons.